The minimum atomic E-state index is -2.58. The Balaban J connectivity index is 1.29. The number of piperazine rings is 1. The average molecular weight is 504 g/mol. The van der Waals surface area contributed by atoms with Crippen molar-refractivity contribution in [2.24, 2.45) is 0 Å². The van der Waals surface area contributed by atoms with Crippen molar-refractivity contribution in [3.8, 4) is 0 Å². The number of anilines is 2. The Morgan fingerprint density at radius 3 is 2.84 bits per heavy atom. The molecule has 32 heavy (non-hydrogen) atoms. The van der Waals surface area contributed by atoms with Crippen molar-refractivity contribution in [1.29, 1.82) is 0 Å². The first-order valence-corrected chi connectivity index (χ1v) is 11.8. The molecule has 0 spiro atoms. The molecule has 1 aliphatic carbocycles. The second kappa shape index (κ2) is 7.62. The molecule has 5 heterocycles. The molecule has 1 atom stereocenters. The van der Waals surface area contributed by atoms with Crippen molar-refractivity contribution in [3.63, 3.8) is 0 Å². The van der Waals surface area contributed by atoms with Gasteiger partial charge in [0.2, 0.25) is 0 Å². The summed E-state index contributed by atoms with van der Waals surface area (Å²) in [7, 11) is 0. The number of aromatic nitrogens is 4. The molecule has 2 aliphatic heterocycles. The van der Waals surface area contributed by atoms with Crippen LogP contribution in [0.2, 0.25) is 0 Å². The lowest BCUT2D eigenvalue weighted by Gasteiger charge is -2.38. The topological polar surface area (TPSA) is 61.6 Å². The molecule has 0 bridgehead atoms. The van der Waals surface area contributed by atoms with Crippen LogP contribution in [0.1, 0.15) is 36.4 Å². The molecule has 3 aromatic heterocycles. The van der Waals surface area contributed by atoms with Crippen molar-refractivity contribution >= 4 is 33.1 Å². The van der Waals surface area contributed by atoms with Gasteiger partial charge in [-0.25, -0.2) is 23.7 Å². The summed E-state index contributed by atoms with van der Waals surface area (Å²) in [4.78, 5) is 17.4. The third-order valence-corrected chi connectivity index (χ3v) is 7.08. The number of pyridine rings is 1. The molecular weight excluding hydrogens is 480 g/mol. The predicted octanol–water partition coefficient (Wildman–Crippen LogP) is 3.91. The fraction of sp³-hybridized carbons (Fsp3) is 0.500. The van der Waals surface area contributed by atoms with Gasteiger partial charge in [-0.15, -0.1) is 0 Å². The van der Waals surface area contributed by atoms with Gasteiger partial charge in [0.25, 0.3) is 5.92 Å². The van der Waals surface area contributed by atoms with E-state index in [1.165, 1.54) is 24.7 Å². The van der Waals surface area contributed by atoms with E-state index in [0.29, 0.717) is 25.6 Å². The summed E-state index contributed by atoms with van der Waals surface area (Å²) < 4.78 is 30.8. The van der Waals surface area contributed by atoms with Gasteiger partial charge in [0.1, 0.15) is 16.7 Å². The quantitative estimate of drug-likeness (QED) is 0.532. The van der Waals surface area contributed by atoms with Gasteiger partial charge in [-0.3, -0.25) is 4.90 Å². The second-order valence-corrected chi connectivity index (χ2v) is 9.92. The van der Waals surface area contributed by atoms with Crippen LogP contribution in [-0.4, -0.2) is 62.4 Å². The van der Waals surface area contributed by atoms with Crippen molar-refractivity contribution in [1.82, 2.24) is 24.3 Å². The summed E-state index contributed by atoms with van der Waals surface area (Å²) in [6.45, 7) is 2.45. The summed E-state index contributed by atoms with van der Waals surface area (Å²) >= 11 is 3.36. The second-order valence-electron chi connectivity index (χ2n) is 9.11. The molecule has 3 fully saturated rings. The lowest BCUT2D eigenvalue weighted by Crippen LogP contribution is -2.50. The van der Waals surface area contributed by atoms with Crippen LogP contribution in [0.15, 0.2) is 35.5 Å². The number of nitrogens with one attached hydrogen (secondary N) is 1. The van der Waals surface area contributed by atoms with Gasteiger partial charge >= 0.3 is 0 Å². The largest absolute Gasteiger partial charge is 0.366 e. The van der Waals surface area contributed by atoms with Gasteiger partial charge < -0.3 is 14.6 Å². The summed E-state index contributed by atoms with van der Waals surface area (Å²) in [5.74, 6) is -1.26. The van der Waals surface area contributed by atoms with Crippen LogP contribution in [0, 0.1) is 0 Å². The monoisotopic (exact) mass is 503 g/mol. The van der Waals surface area contributed by atoms with Crippen molar-refractivity contribution in [3.05, 3.63) is 46.7 Å². The van der Waals surface area contributed by atoms with Crippen molar-refractivity contribution in [2.45, 2.75) is 43.7 Å². The van der Waals surface area contributed by atoms with E-state index in [-0.39, 0.29) is 19.0 Å². The molecule has 3 aromatic rings. The standard InChI is InChI=1S/C22H24BrF2N7/c23-19-6-20(28-13-27-19)26-8-16-10-32-9-15(14-1-2-14)5-18(21(32)29-16)30-3-4-31-12-22(24,25)7-17(31)11-30/h5-6,9-10,13-14,17H,1-4,7-8,11-12H2,(H,26,27,28). The zero-order chi connectivity index (χ0) is 21.9. The fourth-order valence-corrected chi connectivity index (χ4v) is 5.25. The van der Waals surface area contributed by atoms with E-state index in [1.807, 2.05) is 17.2 Å². The number of halogens is 3. The molecule has 0 aromatic carbocycles. The lowest BCUT2D eigenvalue weighted by molar-refractivity contribution is 0.0125. The summed E-state index contributed by atoms with van der Waals surface area (Å²) in [6, 6.07) is 3.96. The third-order valence-electron chi connectivity index (χ3n) is 6.65. The van der Waals surface area contributed by atoms with Crippen LogP contribution >= 0.6 is 15.9 Å². The Bertz CT molecular complexity index is 1160. The lowest BCUT2D eigenvalue weighted by atomic mass is 10.1. The number of rotatable bonds is 5. The van der Waals surface area contributed by atoms with Gasteiger partial charge in [0.15, 0.2) is 5.65 Å². The van der Waals surface area contributed by atoms with Gasteiger partial charge in [0, 0.05) is 50.6 Å². The molecule has 1 saturated carbocycles. The van der Waals surface area contributed by atoms with E-state index < -0.39 is 5.92 Å². The van der Waals surface area contributed by atoms with Crippen LogP contribution in [-0.2, 0) is 6.54 Å². The van der Waals surface area contributed by atoms with Crippen LogP contribution in [0.25, 0.3) is 5.65 Å². The van der Waals surface area contributed by atoms with Crippen LogP contribution in [0.5, 0.6) is 0 Å². The Morgan fingerprint density at radius 2 is 2.03 bits per heavy atom. The third kappa shape index (κ3) is 3.94. The summed E-state index contributed by atoms with van der Waals surface area (Å²) in [5.41, 5.74) is 4.15. The molecule has 1 unspecified atom stereocenters. The van der Waals surface area contributed by atoms with Gasteiger partial charge in [-0.05, 0) is 46.3 Å². The molecule has 0 radical (unpaired) electrons. The molecule has 3 aliphatic rings. The minimum Gasteiger partial charge on any atom is -0.366 e. The van der Waals surface area contributed by atoms with Gasteiger partial charge in [-0.2, -0.15) is 0 Å². The van der Waals surface area contributed by atoms with Crippen molar-refractivity contribution < 1.29 is 8.78 Å². The summed E-state index contributed by atoms with van der Waals surface area (Å²) in [5, 5.41) is 3.29. The first kappa shape index (κ1) is 20.3. The molecule has 0 amide bonds. The first-order chi connectivity index (χ1) is 15.4. The highest BCUT2D eigenvalue weighted by Crippen LogP contribution is 2.42. The van der Waals surface area contributed by atoms with Gasteiger partial charge in [-0.1, -0.05) is 0 Å². The Kier molecular flexibility index (Phi) is 4.83. The highest BCUT2D eigenvalue weighted by molar-refractivity contribution is 9.10. The molecule has 7 nitrogen and oxygen atoms in total. The zero-order valence-electron chi connectivity index (χ0n) is 17.5. The average Bonchev–Trinajstić information content (AvgIpc) is 3.44. The van der Waals surface area contributed by atoms with E-state index in [4.69, 9.17) is 4.98 Å². The normalized spacial score (nSPS) is 23.0. The van der Waals surface area contributed by atoms with E-state index in [1.54, 1.807) is 0 Å². The number of imidazole rings is 1. The summed E-state index contributed by atoms with van der Waals surface area (Å²) in [6.07, 6.45) is 8.09. The Morgan fingerprint density at radius 1 is 1.16 bits per heavy atom. The SMILES string of the molecule is FC1(F)CC2CN(c3cc(C4CC4)cn4cc(CNc5cc(Br)ncn5)nc34)CCN2C1. The molecule has 10 heteroatoms. The number of hydrogen-bond acceptors (Lipinski definition) is 6. The number of hydrogen-bond donors (Lipinski definition) is 1. The number of alkyl halides is 2. The van der Waals surface area contributed by atoms with Gasteiger partial charge in [0.05, 0.1) is 24.5 Å². The minimum absolute atomic E-state index is 0.0554. The molecule has 1 N–H and O–H groups in total. The van der Waals surface area contributed by atoms with Crippen LogP contribution < -0.4 is 10.2 Å². The zero-order valence-corrected chi connectivity index (χ0v) is 19.1. The predicted molar refractivity (Wildman–Crippen MR) is 121 cm³/mol. The molecule has 2 saturated heterocycles. The molecular formula is C22H24BrF2N7. The number of fused-ring (bicyclic) bond motifs is 2. The van der Waals surface area contributed by atoms with Crippen LogP contribution in [0.3, 0.4) is 0 Å². The fourth-order valence-electron chi connectivity index (χ4n) is 4.94. The molecule has 6 rings (SSSR count). The number of nitrogens with zero attached hydrogens (tertiary/aromatic N) is 6. The van der Waals surface area contributed by atoms with E-state index in [0.717, 1.165) is 34.0 Å². The Labute approximate surface area is 193 Å². The maximum absolute atomic E-state index is 14.0. The van der Waals surface area contributed by atoms with Crippen molar-refractivity contribution in [2.75, 3.05) is 36.4 Å². The highest BCUT2D eigenvalue weighted by Gasteiger charge is 2.47. The van der Waals surface area contributed by atoms with E-state index in [9.17, 15) is 8.78 Å². The van der Waals surface area contributed by atoms with E-state index >= 15 is 0 Å². The maximum atomic E-state index is 14.0. The Hall–Kier alpha value is -2.33. The van der Waals surface area contributed by atoms with E-state index in [2.05, 4.69) is 52.8 Å². The smallest absolute Gasteiger partial charge is 0.262 e. The maximum Gasteiger partial charge on any atom is 0.262 e. The van der Waals surface area contributed by atoms with Crippen LogP contribution in [0.4, 0.5) is 20.3 Å². The highest BCUT2D eigenvalue weighted by atomic mass is 79.9. The molecule has 168 valence electrons. The first-order valence-electron chi connectivity index (χ1n) is 11.0.